The second-order valence-corrected chi connectivity index (χ2v) is 7.35. The van der Waals surface area contributed by atoms with Crippen LogP contribution < -0.4 is 15.8 Å². The lowest BCUT2D eigenvalue weighted by Crippen LogP contribution is -2.47. The summed E-state index contributed by atoms with van der Waals surface area (Å²) in [5, 5.41) is 2.46. The van der Waals surface area contributed by atoms with Crippen LogP contribution in [0.5, 0.6) is 5.75 Å². The average molecular weight is 395 g/mol. The quantitative estimate of drug-likeness (QED) is 0.643. The highest BCUT2D eigenvalue weighted by Crippen LogP contribution is 2.66. The number of likely N-dealkylation sites (tertiary alicyclic amines) is 1. The van der Waals surface area contributed by atoms with E-state index in [1.165, 1.54) is 0 Å². The fourth-order valence-corrected chi connectivity index (χ4v) is 3.57. The van der Waals surface area contributed by atoms with Crippen LogP contribution in [0.3, 0.4) is 0 Å². The third kappa shape index (κ3) is 4.23. The van der Waals surface area contributed by atoms with Crippen molar-refractivity contribution in [1.82, 2.24) is 10.2 Å². The SMILES string of the molecule is NC(=O)C1CC2(CN1C(=O)CNC(=O)CCCOc1ccccc1)CC2(F)F. The van der Waals surface area contributed by atoms with Gasteiger partial charge in [-0.15, -0.1) is 0 Å². The minimum atomic E-state index is -2.88. The molecule has 7 nitrogen and oxygen atoms in total. The largest absolute Gasteiger partial charge is 0.494 e. The predicted molar refractivity (Wildman–Crippen MR) is 95.5 cm³/mol. The third-order valence-corrected chi connectivity index (χ3v) is 5.29. The van der Waals surface area contributed by atoms with E-state index in [1.54, 1.807) is 12.1 Å². The highest BCUT2D eigenvalue weighted by Gasteiger charge is 2.75. The molecule has 1 saturated heterocycles. The number of ether oxygens (including phenoxy) is 1. The highest BCUT2D eigenvalue weighted by atomic mass is 19.3. The van der Waals surface area contributed by atoms with Crippen LogP contribution in [0.25, 0.3) is 0 Å². The first-order valence-corrected chi connectivity index (χ1v) is 9.15. The number of hydrogen-bond donors (Lipinski definition) is 2. The van der Waals surface area contributed by atoms with Crippen LogP contribution in [-0.4, -0.2) is 54.3 Å². The lowest BCUT2D eigenvalue weighted by atomic mass is 10.0. The van der Waals surface area contributed by atoms with Crippen LogP contribution in [0, 0.1) is 5.41 Å². The molecule has 1 aromatic rings. The number of rotatable bonds is 8. The number of nitrogens with zero attached hydrogens (tertiary/aromatic N) is 1. The fraction of sp³-hybridized carbons (Fsp3) is 0.526. The molecular weight excluding hydrogens is 372 g/mol. The second kappa shape index (κ2) is 7.73. The average Bonchev–Trinajstić information content (AvgIpc) is 2.99. The van der Waals surface area contributed by atoms with E-state index < -0.39 is 29.2 Å². The molecular formula is C19H23F2N3O4. The Bertz CT molecular complexity index is 759. The summed E-state index contributed by atoms with van der Waals surface area (Å²) in [5.41, 5.74) is 3.92. The Morgan fingerprint density at radius 2 is 1.93 bits per heavy atom. The number of alkyl halides is 2. The minimum absolute atomic E-state index is 0.133. The number of amides is 3. The maximum Gasteiger partial charge on any atom is 0.256 e. The van der Waals surface area contributed by atoms with Gasteiger partial charge in [0.1, 0.15) is 11.8 Å². The Kier molecular flexibility index (Phi) is 5.53. The molecule has 1 aromatic carbocycles. The minimum Gasteiger partial charge on any atom is -0.494 e. The zero-order valence-electron chi connectivity index (χ0n) is 15.3. The molecule has 1 aliphatic carbocycles. The van der Waals surface area contributed by atoms with Gasteiger partial charge in [0.25, 0.3) is 5.92 Å². The molecule has 1 heterocycles. The number of carbonyl (C=O) groups is 3. The molecule has 2 atom stereocenters. The van der Waals surface area contributed by atoms with Gasteiger partial charge in [-0.2, -0.15) is 0 Å². The maximum absolute atomic E-state index is 13.6. The van der Waals surface area contributed by atoms with Crippen molar-refractivity contribution in [2.45, 2.75) is 37.6 Å². The molecule has 2 aliphatic rings. The summed E-state index contributed by atoms with van der Waals surface area (Å²) in [6.07, 6.45) is 0.131. The van der Waals surface area contributed by atoms with Crippen molar-refractivity contribution in [3.8, 4) is 5.75 Å². The van der Waals surface area contributed by atoms with Crippen molar-refractivity contribution < 1.29 is 27.9 Å². The van der Waals surface area contributed by atoms with Crippen LogP contribution in [0.4, 0.5) is 8.78 Å². The number of hydrogen-bond acceptors (Lipinski definition) is 4. The van der Waals surface area contributed by atoms with Crippen molar-refractivity contribution in [3.63, 3.8) is 0 Å². The summed E-state index contributed by atoms with van der Waals surface area (Å²) in [6.45, 7) is -0.226. The van der Waals surface area contributed by atoms with Gasteiger partial charge in [-0.1, -0.05) is 18.2 Å². The first kappa shape index (κ1) is 20.0. The van der Waals surface area contributed by atoms with Gasteiger partial charge in [0.15, 0.2) is 0 Å². The first-order chi connectivity index (χ1) is 13.2. The summed E-state index contributed by atoms with van der Waals surface area (Å²) in [7, 11) is 0. The second-order valence-electron chi connectivity index (χ2n) is 7.35. The molecule has 28 heavy (non-hydrogen) atoms. The molecule has 3 rings (SSSR count). The van der Waals surface area contributed by atoms with Crippen molar-refractivity contribution in [2.75, 3.05) is 19.7 Å². The van der Waals surface area contributed by atoms with E-state index in [0.29, 0.717) is 18.8 Å². The van der Waals surface area contributed by atoms with E-state index in [4.69, 9.17) is 10.5 Å². The van der Waals surface area contributed by atoms with Crippen LogP contribution >= 0.6 is 0 Å². The maximum atomic E-state index is 13.6. The van der Waals surface area contributed by atoms with E-state index in [-0.39, 0.29) is 38.3 Å². The normalized spacial score (nSPS) is 24.8. The molecule has 1 saturated carbocycles. The number of primary amides is 1. The van der Waals surface area contributed by atoms with E-state index in [1.807, 2.05) is 18.2 Å². The number of carbonyl (C=O) groups excluding carboxylic acids is 3. The lowest BCUT2D eigenvalue weighted by molar-refractivity contribution is -0.137. The topological polar surface area (TPSA) is 102 Å². The number of nitrogens with one attached hydrogen (secondary N) is 1. The highest BCUT2D eigenvalue weighted by molar-refractivity contribution is 5.90. The summed E-state index contributed by atoms with van der Waals surface area (Å²) in [6, 6.07) is 8.10. The summed E-state index contributed by atoms with van der Waals surface area (Å²) >= 11 is 0. The van der Waals surface area contributed by atoms with Gasteiger partial charge >= 0.3 is 0 Å². The fourth-order valence-electron chi connectivity index (χ4n) is 3.57. The van der Waals surface area contributed by atoms with Gasteiger partial charge in [0, 0.05) is 19.4 Å². The molecule has 152 valence electrons. The smallest absolute Gasteiger partial charge is 0.256 e. The Morgan fingerprint density at radius 3 is 2.54 bits per heavy atom. The Hall–Kier alpha value is -2.71. The lowest BCUT2D eigenvalue weighted by Gasteiger charge is -2.22. The Labute approximate surface area is 161 Å². The Morgan fingerprint density at radius 1 is 1.25 bits per heavy atom. The molecule has 3 amide bonds. The van der Waals surface area contributed by atoms with E-state index >= 15 is 0 Å². The van der Waals surface area contributed by atoms with Crippen LogP contribution in [0.2, 0.25) is 0 Å². The van der Waals surface area contributed by atoms with Crippen LogP contribution in [0.15, 0.2) is 30.3 Å². The standard InChI is InChI=1S/C19H23F2N3O4/c20-19(21)11-18(19)9-14(17(22)27)24(12-18)16(26)10-23-15(25)7-4-8-28-13-5-2-1-3-6-13/h1-3,5-6,14H,4,7-12H2,(H2,22,27)(H,23,25). The third-order valence-electron chi connectivity index (χ3n) is 5.29. The van der Waals surface area contributed by atoms with Gasteiger partial charge in [-0.25, -0.2) is 8.78 Å². The van der Waals surface area contributed by atoms with E-state index in [0.717, 1.165) is 4.90 Å². The van der Waals surface area contributed by atoms with Crippen molar-refractivity contribution >= 4 is 17.7 Å². The monoisotopic (exact) mass is 395 g/mol. The molecule has 1 aliphatic heterocycles. The van der Waals surface area contributed by atoms with Crippen molar-refractivity contribution in [3.05, 3.63) is 30.3 Å². The van der Waals surface area contributed by atoms with Crippen molar-refractivity contribution in [2.24, 2.45) is 11.1 Å². The zero-order chi connectivity index (χ0) is 20.4. The zero-order valence-corrected chi connectivity index (χ0v) is 15.3. The summed E-state index contributed by atoms with van der Waals surface area (Å²) < 4.78 is 32.7. The van der Waals surface area contributed by atoms with Crippen LogP contribution in [-0.2, 0) is 14.4 Å². The van der Waals surface area contributed by atoms with E-state index in [9.17, 15) is 23.2 Å². The molecule has 3 N–H and O–H groups in total. The first-order valence-electron chi connectivity index (χ1n) is 9.15. The predicted octanol–water partition coefficient (Wildman–Crippen LogP) is 1.07. The van der Waals surface area contributed by atoms with Crippen LogP contribution in [0.1, 0.15) is 25.7 Å². The number of halogens is 2. The van der Waals surface area contributed by atoms with Gasteiger partial charge < -0.3 is 20.7 Å². The van der Waals surface area contributed by atoms with Gasteiger partial charge in [-0.05, 0) is 25.0 Å². The number of para-hydroxylation sites is 1. The summed E-state index contributed by atoms with van der Waals surface area (Å²) in [4.78, 5) is 36.8. The molecule has 9 heteroatoms. The molecule has 0 radical (unpaired) electrons. The van der Waals surface area contributed by atoms with Gasteiger partial charge in [-0.3, -0.25) is 14.4 Å². The Balaban J connectivity index is 1.40. The van der Waals surface area contributed by atoms with Gasteiger partial charge in [0.2, 0.25) is 17.7 Å². The number of nitrogens with two attached hydrogens (primary N) is 1. The molecule has 1 spiro atoms. The molecule has 2 fully saturated rings. The molecule has 0 aromatic heterocycles. The number of benzene rings is 1. The summed E-state index contributed by atoms with van der Waals surface area (Å²) in [5.74, 6) is -3.92. The molecule has 2 unspecified atom stereocenters. The van der Waals surface area contributed by atoms with Gasteiger partial charge in [0.05, 0.1) is 18.6 Å². The van der Waals surface area contributed by atoms with E-state index in [2.05, 4.69) is 5.32 Å². The van der Waals surface area contributed by atoms with Crippen molar-refractivity contribution in [1.29, 1.82) is 0 Å². The molecule has 0 bridgehead atoms.